The monoisotopic (exact) mass is 438 g/mol. The number of aromatic nitrogens is 3. The molecular formula is C27H26N4O2. The maximum absolute atomic E-state index is 13.2. The van der Waals surface area contributed by atoms with E-state index in [0.29, 0.717) is 17.9 Å². The average Bonchev–Trinajstić information content (AvgIpc) is 3.03. The number of anilines is 1. The first-order valence-corrected chi connectivity index (χ1v) is 11.4. The van der Waals surface area contributed by atoms with Gasteiger partial charge in [0.25, 0.3) is 11.5 Å². The van der Waals surface area contributed by atoms with Gasteiger partial charge in [-0.05, 0) is 61.6 Å². The van der Waals surface area contributed by atoms with Gasteiger partial charge < -0.3 is 9.88 Å². The Morgan fingerprint density at radius 2 is 1.64 bits per heavy atom. The summed E-state index contributed by atoms with van der Waals surface area (Å²) in [6.45, 7) is 0.489. The van der Waals surface area contributed by atoms with Crippen LogP contribution in [0.3, 0.4) is 0 Å². The molecular weight excluding hydrogens is 412 g/mol. The van der Waals surface area contributed by atoms with Crippen LogP contribution >= 0.6 is 0 Å². The summed E-state index contributed by atoms with van der Waals surface area (Å²) in [5, 5.41) is 7.76. The zero-order valence-electron chi connectivity index (χ0n) is 18.4. The lowest BCUT2D eigenvalue weighted by Gasteiger charge is -2.08. The summed E-state index contributed by atoms with van der Waals surface area (Å²) < 4.78 is 3.59. The van der Waals surface area contributed by atoms with Gasteiger partial charge in [-0.15, -0.1) is 0 Å². The van der Waals surface area contributed by atoms with Gasteiger partial charge in [0, 0.05) is 29.2 Å². The second kappa shape index (κ2) is 9.28. The van der Waals surface area contributed by atoms with Crippen LogP contribution in [0.2, 0.25) is 0 Å². The van der Waals surface area contributed by atoms with Gasteiger partial charge in [-0.2, -0.15) is 5.10 Å². The average molecular weight is 439 g/mol. The maximum Gasteiger partial charge on any atom is 0.276 e. The van der Waals surface area contributed by atoms with Gasteiger partial charge in [-0.25, -0.2) is 4.68 Å². The van der Waals surface area contributed by atoms with Crippen molar-refractivity contribution in [2.24, 2.45) is 0 Å². The van der Waals surface area contributed by atoms with Crippen molar-refractivity contribution in [3.63, 3.8) is 0 Å². The molecule has 2 aromatic heterocycles. The van der Waals surface area contributed by atoms with Crippen LogP contribution in [0.5, 0.6) is 0 Å². The minimum atomic E-state index is -0.185. The number of amides is 1. The Bertz CT molecular complexity index is 1320. The van der Waals surface area contributed by atoms with E-state index in [1.54, 1.807) is 22.9 Å². The van der Waals surface area contributed by atoms with Crippen molar-refractivity contribution >= 4 is 11.6 Å². The second-order valence-corrected chi connectivity index (χ2v) is 8.40. The van der Waals surface area contributed by atoms with Gasteiger partial charge in [0.1, 0.15) is 0 Å². The van der Waals surface area contributed by atoms with Crippen LogP contribution in [0.1, 0.15) is 46.6 Å². The number of hydrogen-bond acceptors (Lipinski definition) is 3. The fraction of sp³-hybridized carbons (Fsp3) is 0.222. The van der Waals surface area contributed by atoms with Crippen molar-refractivity contribution in [1.29, 1.82) is 0 Å². The summed E-state index contributed by atoms with van der Waals surface area (Å²) in [5.41, 5.74) is 5.36. The summed E-state index contributed by atoms with van der Waals surface area (Å²) in [6.07, 6.45) is 6.91. The first kappa shape index (κ1) is 20.9. The number of benzene rings is 2. The number of para-hydroxylation sites is 1. The van der Waals surface area contributed by atoms with Crippen LogP contribution in [0.15, 0.2) is 83.8 Å². The Balaban J connectivity index is 1.38. The number of nitrogens with one attached hydrogen (secondary N) is 1. The fourth-order valence-electron chi connectivity index (χ4n) is 4.41. The third-order valence-electron chi connectivity index (χ3n) is 6.11. The molecule has 0 atom stereocenters. The number of hydrogen-bond donors (Lipinski definition) is 1. The number of pyridine rings is 1. The number of fused-ring (bicyclic) bond motifs is 1. The molecule has 33 heavy (non-hydrogen) atoms. The molecule has 1 N–H and O–H groups in total. The molecule has 0 saturated carbocycles. The van der Waals surface area contributed by atoms with E-state index < -0.39 is 0 Å². The zero-order chi connectivity index (χ0) is 22.6. The quantitative estimate of drug-likeness (QED) is 0.463. The first-order chi connectivity index (χ1) is 16.2. The highest BCUT2D eigenvalue weighted by molar-refractivity contribution is 6.04. The largest absolute Gasteiger partial charge is 0.321 e. The molecule has 6 nitrogen and oxygen atoms in total. The van der Waals surface area contributed by atoms with Gasteiger partial charge in [-0.1, -0.05) is 42.8 Å². The maximum atomic E-state index is 13.2. The Kier molecular flexibility index (Phi) is 5.89. The molecule has 0 unspecified atom stereocenters. The van der Waals surface area contributed by atoms with Crippen LogP contribution in [0.25, 0.3) is 5.69 Å². The predicted octanol–water partition coefficient (Wildman–Crippen LogP) is 4.60. The van der Waals surface area contributed by atoms with Crippen molar-refractivity contribution in [3.05, 3.63) is 112 Å². The van der Waals surface area contributed by atoms with Gasteiger partial charge in [0.15, 0.2) is 5.69 Å². The zero-order valence-corrected chi connectivity index (χ0v) is 18.4. The molecule has 1 aliphatic carbocycles. The van der Waals surface area contributed by atoms with Crippen molar-refractivity contribution in [2.45, 2.75) is 38.6 Å². The fourth-order valence-corrected chi connectivity index (χ4v) is 4.41. The lowest BCUT2D eigenvalue weighted by Crippen LogP contribution is -2.18. The van der Waals surface area contributed by atoms with Crippen molar-refractivity contribution in [3.8, 4) is 5.69 Å². The molecule has 1 aliphatic rings. The molecule has 4 aromatic rings. The Labute approximate surface area is 192 Å². The molecule has 166 valence electrons. The minimum absolute atomic E-state index is 0.0374. The second-order valence-electron chi connectivity index (χ2n) is 8.40. The topological polar surface area (TPSA) is 68.9 Å². The van der Waals surface area contributed by atoms with E-state index in [1.165, 1.54) is 0 Å². The summed E-state index contributed by atoms with van der Waals surface area (Å²) in [7, 11) is 0. The standard InChI is InChI=1S/C27H26N4O2/c32-25-13-7-8-18-30(25)19-20-14-16-21(17-15-20)28-27(33)26-23-11-5-2-6-12-24(23)31(29-26)22-9-3-1-4-10-22/h1,3-4,7-10,13-18H,2,5-6,11-12,19H2,(H,28,33). The number of rotatable bonds is 5. The van der Waals surface area contributed by atoms with E-state index in [9.17, 15) is 9.59 Å². The van der Waals surface area contributed by atoms with Crippen molar-refractivity contribution in [2.75, 3.05) is 5.32 Å². The summed E-state index contributed by atoms with van der Waals surface area (Å²) >= 11 is 0. The van der Waals surface area contributed by atoms with E-state index in [-0.39, 0.29) is 11.5 Å². The lowest BCUT2D eigenvalue weighted by atomic mass is 10.1. The van der Waals surface area contributed by atoms with Gasteiger partial charge in [0.05, 0.1) is 12.2 Å². The van der Waals surface area contributed by atoms with Crippen LogP contribution in [-0.4, -0.2) is 20.3 Å². The van der Waals surface area contributed by atoms with E-state index in [0.717, 1.165) is 54.6 Å². The van der Waals surface area contributed by atoms with Gasteiger partial charge in [-0.3, -0.25) is 9.59 Å². The summed E-state index contributed by atoms with van der Waals surface area (Å²) in [6, 6.07) is 22.7. The highest BCUT2D eigenvalue weighted by Crippen LogP contribution is 2.27. The molecule has 0 fully saturated rings. The Hall–Kier alpha value is -3.93. The lowest BCUT2D eigenvalue weighted by molar-refractivity contribution is 0.102. The van der Waals surface area contributed by atoms with Crippen LogP contribution < -0.4 is 10.9 Å². The van der Waals surface area contributed by atoms with Crippen molar-refractivity contribution < 1.29 is 4.79 Å². The molecule has 6 heteroatoms. The normalized spacial score (nSPS) is 13.2. The molecule has 2 heterocycles. The van der Waals surface area contributed by atoms with Crippen LogP contribution in [-0.2, 0) is 19.4 Å². The molecule has 0 radical (unpaired) electrons. The molecule has 2 aromatic carbocycles. The minimum Gasteiger partial charge on any atom is -0.321 e. The number of nitrogens with zero attached hydrogens (tertiary/aromatic N) is 3. The Morgan fingerprint density at radius 1 is 0.879 bits per heavy atom. The third kappa shape index (κ3) is 4.51. The summed E-state index contributed by atoms with van der Waals surface area (Å²) in [5.74, 6) is -0.185. The molecule has 0 bridgehead atoms. The molecule has 0 aliphatic heterocycles. The Morgan fingerprint density at radius 3 is 2.42 bits per heavy atom. The van der Waals surface area contributed by atoms with Crippen molar-refractivity contribution in [1.82, 2.24) is 14.3 Å². The van der Waals surface area contributed by atoms with Crippen LogP contribution in [0.4, 0.5) is 5.69 Å². The smallest absolute Gasteiger partial charge is 0.276 e. The number of carbonyl (C=O) groups is 1. The number of carbonyl (C=O) groups excluding carboxylic acids is 1. The van der Waals surface area contributed by atoms with E-state index in [2.05, 4.69) is 5.32 Å². The SMILES string of the molecule is O=C(Nc1ccc(Cn2ccccc2=O)cc1)c1nn(-c2ccccc2)c2c1CCCCC2. The molecule has 5 rings (SSSR count). The summed E-state index contributed by atoms with van der Waals surface area (Å²) in [4.78, 5) is 25.2. The van der Waals surface area contributed by atoms with E-state index in [4.69, 9.17) is 5.10 Å². The molecule has 0 saturated heterocycles. The van der Waals surface area contributed by atoms with Gasteiger partial charge >= 0.3 is 0 Å². The highest BCUT2D eigenvalue weighted by atomic mass is 16.2. The molecule has 1 amide bonds. The van der Waals surface area contributed by atoms with E-state index >= 15 is 0 Å². The molecule has 0 spiro atoms. The highest BCUT2D eigenvalue weighted by Gasteiger charge is 2.24. The van der Waals surface area contributed by atoms with Gasteiger partial charge in [0.2, 0.25) is 0 Å². The first-order valence-electron chi connectivity index (χ1n) is 11.4. The van der Waals surface area contributed by atoms with E-state index in [1.807, 2.05) is 65.3 Å². The third-order valence-corrected chi connectivity index (χ3v) is 6.11. The van der Waals surface area contributed by atoms with Crippen LogP contribution in [0, 0.1) is 0 Å². The predicted molar refractivity (Wildman–Crippen MR) is 129 cm³/mol.